The molecule has 1 unspecified atom stereocenters. The summed E-state index contributed by atoms with van der Waals surface area (Å²) in [4.78, 5) is 5.11. The van der Waals surface area contributed by atoms with Crippen molar-refractivity contribution in [1.82, 2.24) is 5.48 Å². The maximum atomic E-state index is 5.11. The van der Waals surface area contributed by atoms with Gasteiger partial charge in [0.1, 0.15) is 0 Å². The molecular weight excluding hydrogens is 130 g/mol. The molecule has 0 rings (SSSR count). The Labute approximate surface area is 62.7 Å². The Balaban J connectivity index is 3.09. The Bertz CT molecular complexity index is 64.6. The van der Waals surface area contributed by atoms with E-state index in [9.17, 15) is 0 Å². The SMILES string of the molecule is CCCNOC(CC)OC. The predicted molar refractivity (Wildman–Crippen MR) is 40.5 cm³/mol. The van der Waals surface area contributed by atoms with Crippen molar-refractivity contribution in [1.29, 1.82) is 0 Å². The molecule has 3 nitrogen and oxygen atoms in total. The van der Waals surface area contributed by atoms with Crippen molar-refractivity contribution < 1.29 is 9.57 Å². The lowest BCUT2D eigenvalue weighted by molar-refractivity contribution is -0.165. The van der Waals surface area contributed by atoms with E-state index in [1.807, 2.05) is 6.92 Å². The lowest BCUT2D eigenvalue weighted by Gasteiger charge is -2.13. The molecule has 0 spiro atoms. The molecule has 0 heterocycles. The van der Waals surface area contributed by atoms with Crippen LogP contribution in [0.3, 0.4) is 0 Å². The second kappa shape index (κ2) is 6.99. The van der Waals surface area contributed by atoms with Gasteiger partial charge in [0, 0.05) is 13.7 Å². The molecule has 0 radical (unpaired) electrons. The Morgan fingerprint density at radius 2 is 2.10 bits per heavy atom. The van der Waals surface area contributed by atoms with Gasteiger partial charge in [-0.05, 0) is 12.8 Å². The standard InChI is InChI=1S/C7H17NO2/c1-4-6-8-10-7(5-2)9-3/h7-8H,4-6H2,1-3H3. The van der Waals surface area contributed by atoms with E-state index in [1.54, 1.807) is 7.11 Å². The van der Waals surface area contributed by atoms with Crippen LogP contribution >= 0.6 is 0 Å². The molecule has 0 saturated carbocycles. The molecule has 62 valence electrons. The molecule has 0 aliphatic heterocycles. The molecule has 0 fully saturated rings. The highest BCUT2D eigenvalue weighted by Crippen LogP contribution is 1.94. The number of hydroxylamine groups is 1. The highest BCUT2D eigenvalue weighted by molar-refractivity contribution is 4.35. The second-order valence-electron chi connectivity index (χ2n) is 2.09. The maximum Gasteiger partial charge on any atom is 0.176 e. The number of nitrogens with one attached hydrogen (secondary N) is 1. The van der Waals surface area contributed by atoms with Crippen LogP contribution in [0, 0.1) is 0 Å². The second-order valence-corrected chi connectivity index (χ2v) is 2.09. The minimum absolute atomic E-state index is 0.105. The van der Waals surface area contributed by atoms with E-state index >= 15 is 0 Å². The molecular formula is C7H17NO2. The number of methoxy groups -OCH3 is 1. The van der Waals surface area contributed by atoms with Crippen LogP contribution < -0.4 is 5.48 Å². The van der Waals surface area contributed by atoms with Crippen LogP contribution in [-0.2, 0) is 9.57 Å². The first-order chi connectivity index (χ1) is 4.85. The minimum Gasteiger partial charge on any atom is -0.354 e. The zero-order valence-electron chi connectivity index (χ0n) is 7.02. The first-order valence-corrected chi connectivity index (χ1v) is 3.76. The highest BCUT2D eigenvalue weighted by atomic mass is 16.8. The summed E-state index contributed by atoms with van der Waals surface area (Å²) in [6, 6.07) is 0. The van der Waals surface area contributed by atoms with Gasteiger partial charge < -0.3 is 4.74 Å². The van der Waals surface area contributed by atoms with E-state index < -0.39 is 0 Å². The lowest BCUT2D eigenvalue weighted by atomic mass is 10.5. The number of hydrogen-bond donors (Lipinski definition) is 1. The largest absolute Gasteiger partial charge is 0.354 e. The van der Waals surface area contributed by atoms with E-state index in [0.717, 1.165) is 19.4 Å². The normalized spacial score (nSPS) is 13.5. The van der Waals surface area contributed by atoms with E-state index in [-0.39, 0.29) is 6.29 Å². The molecule has 0 aromatic rings. The quantitative estimate of drug-likeness (QED) is 0.349. The molecule has 1 atom stereocenters. The van der Waals surface area contributed by atoms with E-state index in [4.69, 9.17) is 9.57 Å². The zero-order valence-corrected chi connectivity index (χ0v) is 7.02. The van der Waals surface area contributed by atoms with Crippen molar-refractivity contribution in [2.45, 2.75) is 33.0 Å². The fourth-order valence-electron chi connectivity index (χ4n) is 0.552. The van der Waals surface area contributed by atoms with Gasteiger partial charge in [-0.25, -0.2) is 0 Å². The third kappa shape index (κ3) is 4.73. The topological polar surface area (TPSA) is 30.5 Å². The van der Waals surface area contributed by atoms with Gasteiger partial charge in [0.15, 0.2) is 6.29 Å². The van der Waals surface area contributed by atoms with Gasteiger partial charge in [-0.2, -0.15) is 5.48 Å². The first kappa shape index (κ1) is 9.88. The summed E-state index contributed by atoms with van der Waals surface area (Å²) < 4.78 is 4.96. The average Bonchev–Trinajstić information content (AvgIpc) is 1.99. The van der Waals surface area contributed by atoms with Crippen molar-refractivity contribution in [2.75, 3.05) is 13.7 Å². The highest BCUT2D eigenvalue weighted by Gasteiger charge is 2.01. The van der Waals surface area contributed by atoms with Crippen LogP contribution in [0.2, 0.25) is 0 Å². The van der Waals surface area contributed by atoms with Gasteiger partial charge in [0.05, 0.1) is 0 Å². The Kier molecular flexibility index (Phi) is 6.91. The van der Waals surface area contributed by atoms with E-state index in [0.29, 0.717) is 0 Å². The van der Waals surface area contributed by atoms with Crippen molar-refractivity contribution in [3.8, 4) is 0 Å². The average molecular weight is 147 g/mol. The summed E-state index contributed by atoms with van der Waals surface area (Å²) in [5, 5.41) is 0. The van der Waals surface area contributed by atoms with Gasteiger partial charge in [0.25, 0.3) is 0 Å². The smallest absolute Gasteiger partial charge is 0.176 e. The van der Waals surface area contributed by atoms with Crippen LogP contribution in [0.1, 0.15) is 26.7 Å². The Morgan fingerprint density at radius 3 is 2.50 bits per heavy atom. The van der Waals surface area contributed by atoms with Crippen LogP contribution in [0.25, 0.3) is 0 Å². The van der Waals surface area contributed by atoms with Crippen molar-refractivity contribution in [2.24, 2.45) is 0 Å². The third-order valence-corrected chi connectivity index (χ3v) is 1.16. The van der Waals surface area contributed by atoms with Gasteiger partial charge in [-0.1, -0.05) is 13.8 Å². The Hall–Kier alpha value is -0.120. The maximum absolute atomic E-state index is 5.11. The first-order valence-electron chi connectivity index (χ1n) is 3.76. The van der Waals surface area contributed by atoms with Crippen LogP contribution in [0.4, 0.5) is 0 Å². The molecule has 0 amide bonds. The van der Waals surface area contributed by atoms with Crippen LogP contribution in [0.15, 0.2) is 0 Å². The van der Waals surface area contributed by atoms with Gasteiger partial charge in [0.2, 0.25) is 0 Å². The number of hydrogen-bond acceptors (Lipinski definition) is 3. The summed E-state index contributed by atoms with van der Waals surface area (Å²) in [7, 11) is 1.64. The fourth-order valence-corrected chi connectivity index (χ4v) is 0.552. The van der Waals surface area contributed by atoms with Crippen molar-refractivity contribution in [3.63, 3.8) is 0 Å². The zero-order chi connectivity index (χ0) is 7.82. The molecule has 0 bridgehead atoms. The molecule has 0 aromatic carbocycles. The monoisotopic (exact) mass is 147 g/mol. The summed E-state index contributed by atoms with van der Waals surface area (Å²) in [5.74, 6) is 0. The fraction of sp³-hybridized carbons (Fsp3) is 1.00. The molecule has 3 heteroatoms. The molecule has 0 aliphatic rings. The molecule has 1 N–H and O–H groups in total. The number of ether oxygens (including phenoxy) is 1. The van der Waals surface area contributed by atoms with Crippen LogP contribution in [-0.4, -0.2) is 19.9 Å². The van der Waals surface area contributed by atoms with Crippen molar-refractivity contribution in [3.05, 3.63) is 0 Å². The summed E-state index contributed by atoms with van der Waals surface area (Å²) >= 11 is 0. The lowest BCUT2D eigenvalue weighted by Crippen LogP contribution is -2.25. The van der Waals surface area contributed by atoms with E-state index in [1.165, 1.54) is 0 Å². The van der Waals surface area contributed by atoms with Gasteiger partial charge in [-0.15, -0.1) is 0 Å². The summed E-state index contributed by atoms with van der Waals surface area (Å²) in [6.07, 6.45) is 1.83. The molecule has 0 aliphatic carbocycles. The third-order valence-electron chi connectivity index (χ3n) is 1.16. The van der Waals surface area contributed by atoms with Gasteiger partial charge >= 0.3 is 0 Å². The van der Waals surface area contributed by atoms with Gasteiger partial charge in [-0.3, -0.25) is 4.84 Å². The predicted octanol–water partition coefficient (Wildman–Crippen LogP) is 1.30. The molecule has 0 aromatic heterocycles. The minimum atomic E-state index is -0.105. The summed E-state index contributed by atoms with van der Waals surface area (Å²) in [5.41, 5.74) is 2.81. The van der Waals surface area contributed by atoms with Crippen molar-refractivity contribution >= 4 is 0 Å². The number of rotatable bonds is 6. The Morgan fingerprint density at radius 1 is 1.40 bits per heavy atom. The molecule has 10 heavy (non-hydrogen) atoms. The molecule has 0 saturated heterocycles. The van der Waals surface area contributed by atoms with E-state index in [2.05, 4.69) is 12.4 Å². The van der Waals surface area contributed by atoms with Crippen LogP contribution in [0.5, 0.6) is 0 Å². The summed E-state index contributed by atoms with van der Waals surface area (Å²) in [6.45, 7) is 4.98.